The van der Waals surface area contributed by atoms with E-state index >= 15 is 0 Å². The number of nitrogens with two attached hydrogens (primary N) is 1. The molecule has 2 N–H and O–H groups in total. The maximum Gasteiger partial charge on any atom is 0.334 e. The van der Waals surface area contributed by atoms with E-state index in [-0.39, 0.29) is 17.7 Å². The lowest BCUT2D eigenvalue weighted by atomic mass is 9.98. The molecule has 0 aromatic carbocycles. The molecule has 2 amide bonds. The molecule has 18 heavy (non-hydrogen) atoms. The minimum atomic E-state index is -0.0442. The highest BCUT2D eigenvalue weighted by molar-refractivity contribution is 5.74. The van der Waals surface area contributed by atoms with Gasteiger partial charge in [-0.3, -0.25) is 5.01 Å². The third-order valence-corrected chi connectivity index (χ3v) is 4.62. The Bertz CT molecular complexity index is 328. The van der Waals surface area contributed by atoms with Crippen molar-refractivity contribution in [1.29, 1.82) is 0 Å². The van der Waals surface area contributed by atoms with E-state index in [1.54, 1.807) is 0 Å². The summed E-state index contributed by atoms with van der Waals surface area (Å²) in [6.45, 7) is 2.21. The van der Waals surface area contributed by atoms with Crippen molar-refractivity contribution in [3.05, 3.63) is 0 Å². The van der Waals surface area contributed by atoms with Gasteiger partial charge in [-0.25, -0.2) is 10.6 Å². The van der Waals surface area contributed by atoms with Crippen molar-refractivity contribution in [2.24, 2.45) is 5.84 Å². The molecule has 1 aliphatic carbocycles. The van der Waals surface area contributed by atoms with Gasteiger partial charge in [-0.2, -0.15) is 0 Å². The van der Waals surface area contributed by atoms with Crippen LogP contribution in [-0.2, 0) is 4.74 Å². The van der Waals surface area contributed by atoms with Crippen molar-refractivity contribution < 1.29 is 9.53 Å². The summed E-state index contributed by atoms with van der Waals surface area (Å²) in [5.41, 5.74) is 0.159. The Balaban J connectivity index is 1.56. The molecule has 0 bridgehead atoms. The van der Waals surface area contributed by atoms with Crippen LogP contribution in [0.15, 0.2) is 0 Å². The summed E-state index contributed by atoms with van der Waals surface area (Å²) in [5.74, 6) is 5.66. The second kappa shape index (κ2) is 4.70. The summed E-state index contributed by atoms with van der Waals surface area (Å²) in [5, 5.41) is 1.32. The number of nitrogens with zero attached hydrogens (tertiary/aromatic N) is 2. The van der Waals surface area contributed by atoms with Crippen LogP contribution in [0.5, 0.6) is 0 Å². The van der Waals surface area contributed by atoms with Gasteiger partial charge >= 0.3 is 6.03 Å². The minimum absolute atomic E-state index is 0.0442. The van der Waals surface area contributed by atoms with Gasteiger partial charge < -0.3 is 9.64 Å². The molecule has 0 aromatic rings. The molecule has 1 spiro atoms. The fourth-order valence-corrected chi connectivity index (χ4v) is 3.63. The van der Waals surface area contributed by atoms with Crippen molar-refractivity contribution in [3.8, 4) is 0 Å². The van der Waals surface area contributed by atoms with E-state index in [0.29, 0.717) is 13.1 Å². The molecule has 3 fully saturated rings. The zero-order valence-corrected chi connectivity index (χ0v) is 10.9. The van der Waals surface area contributed by atoms with Crippen LogP contribution < -0.4 is 5.84 Å². The standard InChI is InChI=1S/C13H23N3O2/c14-16-9-3-8-15(12(16)17)10-11-4-7-13(18-11)5-1-2-6-13/h11H,1-10,14H2. The van der Waals surface area contributed by atoms with Crippen LogP contribution in [0.1, 0.15) is 44.9 Å². The Morgan fingerprint density at radius 2 is 2.00 bits per heavy atom. The van der Waals surface area contributed by atoms with E-state index in [9.17, 15) is 4.79 Å². The Kier molecular flexibility index (Phi) is 3.20. The lowest BCUT2D eigenvalue weighted by molar-refractivity contribution is -0.0461. The molecular weight excluding hydrogens is 230 g/mol. The molecule has 2 aliphatic heterocycles. The lowest BCUT2D eigenvalue weighted by Crippen LogP contribution is -2.54. The number of hydrogen-bond donors (Lipinski definition) is 1. The van der Waals surface area contributed by atoms with Crippen LogP contribution >= 0.6 is 0 Å². The van der Waals surface area contributed by atoms with Gasteiger partial charge in [0.25, 0.3) is 0 Å². The fourth-order valence-electron chi connectivity index (χ4n) is 3.63. The number of urea groups is 1. The SMILES string of the molecule is NN1CCCN(CC2CCC3(CCCC3)O2)C1=O. The number of rotatable bonds is 2. The summed E-state index contributed by atoms with van der Waals surface area (Å²) in [7, 11) is 0. The van der Waals surface area contributed by atoms with Gasteiger partial charge in [0.05, 0.1) is 11.7 Å². The predicted octanol–water partition coefficient (Wildman–Crippen LogP) is 1.48. The van der Waals surface area contributed by atoms with Gasteiger partial charge in [0.1, 0.15) is 0 Å². The number of hydrazine groups is 1. The van der Waals surface area contributed by atoms with Gasteiger partial charge in [0, 0.05) is 19.6 Å². The Labute approximate surface area is 108 Å². The highest BCUT2D eigenvalue weighted by Crippen LogP contribution is 2.43. The van der Waals surface area contributed by atoms with Crippen molar-refractivity contribution in [1.82, 2.24) is 9.91 Å². The molecule has 2 heterocycles. The zero-order chi connectivity index (χ0) is 12.6. The van der Waals surface area contributed by atoms with E-state index < -0.39 is 0 Å². The third kappa shape index (κ3) is 2.21. The summed E-state index contributed by atoms with van der Waals surface area (Å²) in [6, 6.07) is -0.0442. The van der Waals surface area contributed by atoms with E-state index in [1.807, 2.05) is 4.90 Å². The summed E-state index contributed by atoms with van der Waals surface area (Å²) in [6.07, 6.45) is 8.46. The monoisotopic (exact) mass is 253 g/mol. The first-order chi connectivity index (χ1) is 8.69. The Hall–Kier alpha value is -0.810. The molecule has 0 radical (unpaired) electrons. The van der Waals surface area contributed by atoms with E-state index in [2.05, 4.69) is 0 Å². The zero-order valence-electron chi connectivity index (χ0n) is 10.9. The Morgan fingerprint density at radius 3 is 2.78 bits per heavy atom. The first kappa shape index (κ1) is 12.2. The summed E-state index contributed by atoms with van der Waals surface area (Å²) in [4.78, 5) is 13.7. The van der Waals surface area contributed by atoms with Crippen molar-refractivity contribution in [2.75, 3.05) is 19.6 Å². The molecule has 3 aliphatic rings. The molecule has 1 saturated carbocycles. The van der Waals surface area contributed by atoms with Gasteiger partial charge in [0.15, 0.2) is 0 Å². The molecular formula is C13H23N3O2. The van der Waals surface area contributed by atoms with Gasteiger partial charge in [-0.15, -0.1) is 0 Å². The molecule has 5 nitrogen and oxygen atoms in total. The second-order valence-corrected chi connectivity index (χ2v) is 5.94. The van der Waals surface area contributed by atoms with Crippen LogP contribution in [0.4, 0.5) is 4.79 Å². The molecule has 5 heteroatoms. The fraction of sp³-hybridized carbons (Fsp3) is 0.923. The number of carbonyl (C=O) groups excluding carboxylic acids is 1. The van der Waals surface area contributed by atoms with Crippen LogP contribution in [0.3, 0.4) is 0 Å². The maximum atomic E-state index is 11.9. The van der Waals surface area contributed by atoms with Crippen molar-refractivity contribution in [2.45, 2.75) is 56.7 Å². The lowest BCUT2D eigenvalue weighted by Gasteiger charge is -2.34. The number of amides is 2. The quantitative estimate of drug-likeness (QED) is 0.599. The summed E-state index contributed by atoms with van der Waals surface area (Å²) >= 11 is 0. The van der Waals surface area contributed by atoms with Crippen LogP contribution in [-0.4, -0.2) is 47.3 Å². The van der Waals surface area contributed by atoms with Crippen molar-refractivity contribution in [3.63, 3.8) is 0 Å². The molecule has 3 rings (SSSR count). The number of hydrogen-bond acceptors (Lipinski definition) is 3. The topological polar surface area (TPSA) is 58.8 Å². The Morgan fingerprint density at radius 1 is 1.22 bits per heavy atom. The van der Waals surface area contributed by atoms with Crippen LogP contribution in [0.25, 0.3) is 0 Å². The van der Waals surface area contributed by atoms with Gasteiger partial charge in [-0.05, 0) is 32.1 Å². The van der Waals surface area contributed by atoms with E-state index in [0.717, 1.165) is 19.4 Å². The first-order valence-electron chi connectivity index (χ1n) is 7.18. The minimum Gasteiger partial charge on any atom is -0.370 e. The third-order valence-electron chi connectivity index (χ3n) is 4.62. The molecule has 0 aromatic heterocycles. The number of ether oxygens (including phenoxy) is 1. The normalized spacial score (nSPS) is 31.6. The van der Waals surface area contributed by atoms with E-state index in [1.165, 1.54) is 37.1 Å². The highest BCUT2D eigenvalue weighted by Gasteiger charge is 2.43. The van der Waals surface area contributed by atoms with Gasteiger partial charge in [-0.1, -0.05) is 12.8 Å². The average Bonchev–Trinajstić information content (AvgIpc) is 2.97. The maximum absolute atomic E-state index is 11.9. The highest BCUT2D eigenvalue weighted by atomic mass is 16.5. The first-order valence-corrected chi connectivity index (χ1v) is 7.18. The van der Waals surface area contributed by atoms with Crippen LogP contribution in [0.2, 0.25) is 0 Å². The second-order valence-electron chi connectivity index (χ2n) is 5.94. The van der Waals surface area contributed by atoms with Crippen molar-refractivity contribution >= 4 is 6.03 Å². The molecule has 1 unspecified atom stereocenters. The predicted molar refractivity (Wildman–Crippen MR) is 67.8 cm³/mol. The van der Waals surface area contributed by atoms with Gasteiger partial charge in [0.2, 0.25) is 0 Å². The van der Waals surface area contributed by atoms with Crippen LogP contribution in [0, 0.1) is 0 Å². The average molecular weight is 253 g/mol. The smallest absolute Gasteiger partial charge is 0.334 e. The summed E-state index contributed by atoms with van der Waals surface area (Å²) < 4.78 is 6.24. The van der Waals surface area contributed by atoms with E-state index in [4.69, 9.17) is 10.6 Å². The number of carbonyl (C=O) groups is 1. The molecule has 102 valence electrons. The molecule has 2 saturated heterocycles. The largest absolute Gasteiger partial charge is 0.370 e. The molecule has 1 atom stereocenters.